The molecular weight excluding hydrogens is 308 g/mol. The molecule has 0 aromatic heterocycles. The average molecular weight is 332 g/mol. The molecule has 0 bridgehead atoms. The van der Waals surface area contributed by atoms with Gasteiger partial charge in [-0.15, -0.1) is 0 Å². The Morgan fingerprint density at radius 3 is 2.62 bits per heavy atom. The fourth-order valence-corrected chi connectivity index (χ4v) is 2.63. The van der Waals surface area contributed by atoms with E-state index in [0.717, 1.165) is 17.5 Å². The lowest BCUT2D eigenvalue weighted by atomic mass is 9.92. The Kier molecular flexibility index (Phi) is 6.37. The van der Waals surface area contributed by atoms with E-state index in [1.54, 1.807) is 6.92 Å². The summed E-state index contributed by atoms with van der Waals surface area (Å²) in [5.41, 5.74) is 2.79. The van der Waals surface area contributed by atoms with Gasteiger partial charge in [-0.1, -0.05) is 31.2 Å². The zero-order valence-corrected chi connectivity index (χ0v) is 14.3. The van der Waals surface area contributed by atoms with Crippen LogP contribution in [0.1, 0.15) is 37.4 Å². The largest absolute Gasteiger partial charge is 0.460 e. The Bertz CT molecular complexity index is 640. The number of amides is 2. The highest BCUT2D eigenvalue weighted by Crippen LogP contribution is 2.29. The molecule has 0 saturated carbocycles. The average Bonchev–Trinajstić information content (AvgIpc) is 2.54. The van der Waals surface area contributed by atoms with E-state index in [1.807, 2.05) is 38.1 Å². The van der Waals surface area contributed by atoms with E-state index in [-0.39, 0.29) is 12.6 Å². The van der Waals surface area contributed by atoms with Crippen molar-refractivity contribution in [2.24, 2.45) is 0 Å². The van der Waals surface area contributed by atoms with E-state index in [2.05, 4.69) is 10.6 Å². The van der Waals surface area contributed by atoms with Crippen molar-refractivity contribution in [1.82, 2.24) is 10.6 Å². The molecule has 24 heavy (non-hydrogen) atoms. The first-order valence-corrected chi connectivity index (χ1v) is 8.13. The third kappa shape index (κ3) is 4.35. The minimum atomic E-state index is -0.524. The molecule has 130 valence electrons. The summed E-state index contributed by atoms with van der Waals surface area (Å²) in [6.45, 7) is 6.85. The molecule has 1 aromatic rings. The third-order valence-corrected chi connectivity index (χ3v) is 3.80. The summed E-state index contributed by atoms with van der Waals surface area (Å²) in [4.78, 5) is 24.4. The number of esters is 1. The van der Waals surface area contributed by atoms with Crippen LogP contribution in [0.3, 0.4) is 0 Å². The highest BCUT2D eigenvalue weighted by molar-refractivity contribution is 5.95. The van der Waals surface area contributed by atoms with Gasteiger partial charge in [0.25, 0.3) is 0 Å². The molecule has 1 heterocycles. The van der Waals surface area contributed by atoms with Gasteiger partial charge in [-0.2, -0.15) is 0 Å². The Morgan fingerprint density at radius 2 is 1.92 bits per heavy atom. The predicted molar refractivity (Wildman–Crippen MR) is 90.4 cm³/mol. The second-order valence-electron chi connectivity index (χ2n) is 5.68. The predicted octanol–water partition coefficient (Wildman–Crippen LogP) is 2.59. The molecule has 1 aromatic carbocycles. The first-order valence-electron chi connectivity index (χ1n) is 8.13. The van der Waals surface area contributed by atoms with E-state index < -0.39 is 12.0 Å². The second-order valence-corrected chi connectivity index (χ2v) is 5.68. The first-order chi connectivity index (χ1) is 11.5. The standard InChI is InChI=1S/C18H24N2O4/c1-4-9-23-10-11-24-17(21)15-13(3)19-18(22)20-16(15)14-8-6-5-7-12(14)2/h5-8,16H,4,9-11H2,1-3H3,(H2,19,20,22). The molecule has 2 N–H and O–H groups in total. The highest BCUT2D eigenvalue weighted by Gasteiger charge is 2.32. The lowest BCUT2D eigenvalue weighted by molar-refractivity contribution is -0.141. The van der Waals surface area contributed by atoms with Crippen molar-refractivity contribution in [2.75, 3.05) is 19.8 Å². The lowest BCUT2D eigenvalue weighted by Gasteiger charge is -2.29. The lowest BCUT2D eigenvalue weighted by Crippen LogP contribution is -2.45. The minimum absolute atomic E-state index is 0.185. The van der Waals surface area contributed by atoms with Crippen LogP contribution in [0.5, 0.6) is 0 Å². The van der Waals surface area contributed by atoms with Gasteiger partial charge >= 0.3 is 12.0 Å². The van der Waals surface area contributed by atoms with Gasteiger partial charge in [-0.3, -0.25) is 0 Å². The van der Waals surface area contributed by atoms with Crippen LogP contribution in [-0.2, 0) is 14.3 Å². The van der Waals surface area contributed by atoms with Crippen LogP contribution in [0, 0.1) is 6.92 Å². The van der Waals surface area contributed by atoms with E-state index >= 15 is 0 Å². The van der Waals surface area contributed by atoms with Gasteiger partial charge in [0.05, 0.1) is 18.2 Å². The maximum absolute atomic E-state index is 12.5. The fourth-order valence-electron chi connectivity index (χ4n) is 2.63. The number of urea groups is 1. The summed E-state index contributed by atoms with van der Waals surface area (Å²) in [6, 6.07) is 6.79. The number of hydrogen-bond acceptors (Lipinski definition) is 4. The molecule has 6 heteroatoms. The van der Waals surface area contributed by atoms with Crippen LogP contribution in [-0.4, -0.2) is 31.8 Å². The molecule has 0 aliphatic carbocycles. The van der Waals surface area contributed by atoms with Crippen molar-refractivity contribution < 1.29 is 19.1 Å². The van der Waals surface area contributed by atoms with Gasteiger partial charge in [0.15, 0.2) is 0 Å². The summed E-state index contributed by atoms with van der Waals surface area (Å²) in [5, 5.41) is 5.44. The van der Waals surface area contributed by atoms with E-state index in [0.29, 0.717) is 24.5 Å². The van der Waals surface area contributed by atoms with Crippen molar-refractivity contribution in [1.29, 1.82) is 0 Å². The van der Waals surface area contributed by atoms with Crippen LogP contribution in [0.2, 0.25) is 0 Å². The van der Waals surface area contributed by atoms with Crippen LogP contribution >= 0.6 is 0 Å². The van der Waals surface area contributed by atoms with Gasteiger partial charge in [0, 0.05) is 12.3 Å². The molecule has 0 spiro atoms. The number of nitrogens with one attached hydrogen (secondary N) is 2. The number of rotatable bonds is 7. The molecule has 0 saturated heterocycles. The smallest absolute Gasteiger partial charge is 0.338 e. The van der Waals surface area contributed by atoms with Crippen LogP contribution in [0.15, 0.2) is 35.5 Å². The molecule has 0 radical (unpaired) electrons. The Hall–Kier alpha value is -2.34. The molecule has 1 atom stereocenters. The first kappa shape index (κ1) is 18.0. The minimum Gasteiger partial charge on any atom is -0.460 e. The molecule has 2 rings (SSSR count). The number of carbonyl (C=O) groups excluding carboxylic acids is 2. The van der Waals surface area contributed by atoms with Crippen molar-refractivity contribution in [3.63, 3.8) is 0 Å². The van der Waals surface area contributed by atoms with Crippen molar-refractivity contribution in [3.8, 4) is 0 Å². The van der Waals surface area contributed by atoms with Crippen LogP contribution in [0.25, 0.3) is 0 Å². The third-order valence-electron chi connectivity index (χ3n) is 3.80. The second kappa shape index (κ2) is 8.49. The fraction of sp³-hybridized carbons (Fsp3) is 0.444. The Balaban J connectivity index is 2.17. The maximum Gasteiger partial charge on any atom is 0.338 e. The number of allylic oxidation sites excluding steroid dienone is 1. The van der Waals surface area contributed by atoms with E-state index in [4.69, 9.17) is 9.47 Å². The monoisotopic (exact) mass is 332 g/mol. The Morgan fingerprint density at radius 1 is 1.17 bits per heavy atom. The SMILES string of the molecule is CCCOCCOC(=O)C1=C(C)NC(=O)NC1c1ccccc1C. The number of carbonyl (C=O) groups is 2. The highest BCUT2D eigenvalue weighted by atomic mass is 16.6. The van der Waals surface area contributed by atoms with Gasteiger partial charge in [-0.05, 0) is 31.4 Å². The van der Waals surface area contributed by atoms with Crippen LogP contribution < -0.4 is 10.6 Å². The molecule has 1 aliphatic rings. The molecule has 1 unspecified atom stereocenters. The number of hydrogen-bond donors (Lipinski definition) is 2. The van der Waals surface area contributed by atoms with Crippen LogP contribution in [0.4, 0.5) is 4.79 Å². The van der Waals surface area contributed by atoms with Crippen molar-refractivity contribution >= 4 is 12.0 Å². The molecule has 2 amide bonds. The maximum atomic E-state index is 12.5. The van der Waals surface area contributed by atoms with Gasteiger partial charge < -0.3 is 20.1 Å². The normalized spacial score (nSPS) is 17.3. The summed E-state index contributed by atoms with van der Waals surface area (Å²) in [6.07, 6.45) is 0.920. The van der Waals surface area contributed by atoms with E-state index in [1.165, 1.54) is 0 Å². The number of aryl methyl sites for hydroxylation is 1. The Labute approximate surface area is 142 Å². The van der Waals surface area contributed by atoms with E-state index in [9.17, 15) is 9.59 Å². The van der Waals surface area contributed by atoms with Gasteiger partial charge in [0.1, 0.15) is 6.61 Å². The summed E-state index contributed by atoms with van der Waals surface area (Å²) in [7, 11) is 0. The molecule has 1 aliphatic heterocycles. The topological polar surface area (TPSA) is 76.7 Å². The zero-order chi connectivity index (χ0) is 17.5. The number of ether oxygens (including phenoxy) is 2. The van der Waals surface area contributed by atoms with Gasteiger partial charge in [0.2, 0.25) is 0 Å². The zero-order valence-electron chi connectivity index (χ0n) is 14.3. The number of benzene rings is 1. The quantitative estimate of drug-likeness (QED) is 0.594. The summed E-state index contributed by atoms with van der Waals surface area (Å²) < 4.78 is 10.6. The van der Waals surface area contributed by atoms with Gasteiger partial charge in [-0.25, -0.2) is 9.59 Å². The molecule has 6 nitrogen and oxygen atoms in total. The molecule has 0 fully saturated rings. The summed E-state index contributed by atoms with van der Waals surface area (Å²) in [5.74, 6) is -0.451. The van der Waals surface area contributed by atoms with Crippen molar-refractivity contribution in [3.05, 3.63) is 46.7 Å². The van der Waals surface area contributed by atoms with Crippen molar-refractivity contribution in [2.45, 2.75) is 33.2 Å². The summed E-state index contributed by atoms with van der Waals surface area (Å²) >= 11 is 0. The molecular formula is C18H24N2O4.